The molecular weight excluding hydrogens is 536 g/mol. The quantitative estimate of drug-likeness (QED) is 0.346. The Labute approximate surface area is 223 Å². The van der Waals surface area contributed by atoms with Crippen LogP contribution in [0.15, 0.2) is 46.0 Å². The highest BCUT2D eigenvalue weighted by Gasteiger charge is 2.48. The number of nitrogens with zero attached hydrogens (tertiary/aromatic N) is 3. The highest BCUT2D eigenvalue weighted by atomic mass is 32.2. The topological polar surface area (TPSA) is 167 Å². The molecule has 0 radical (unpaired) electrons. The number of carbonyl (C=O) groups excluding carboxylic acids is 2. The molecule has 0 spiro atoms. The van der Waals surface area contributed by atoms with Gasteiger partial charge < -0.3 is 15.3 Å². The number of nitrogens with one attached hydrogen (secondary N) is 1. The summed E-state index contributed by atoms with van der Waals surface area (Å²) in [6.07, 6.45) is 1.91. The van der Waals surface area contributed by atoms with Crippen molar-refractivity contribution in [1.29, 1.82) is 0 Å². The summed E-state index contributed by atoms with van der Waals surface area (Å²) in [4.78, 5) is 50.7. The number of benzene rings is 1. The highest BCUT2D eigenvalue weighted by molar-refractivity contribution is 7.91. The molecule has 12 nitrogen and oxygen atoms in total. The Morgan fingerprint density at radius 3 is 2.50 bits per heavy atom. The average Bonchev–Trinajstić information content (AvgIpc) is 3.60. The van der Waals surface area contributed by atoms with Crippen molar-refractivity contribution in [3.63, 3.8) is 0 Å². The van der Waals surface area contributed by atoms with Crippen molar-refractivity contribution in [3.8, 4) is 0 Å². The van der Waals surface area contributed by atoms with Gasteiger partial charge in [0.15, 0.2) is 6.17 Å². The number of nitro groups is 1. The first-order valence-electron chi connectivity index (χ1n) is 12.2. The van der Waals surface area contributed by atoms with Gasteiger partial charge in [0.1, 0.15) is 4.21 Å². The fraction of sp³-hybridized carbons (Fsp3) is 0.458. The molecule has 38 heavy (non-hydrogen) atoms. The molecule has 2 atom stereocenters. The fourth-order valence-electron chi connectivity index (χ4n) is 5.00. The van der Waals surface area contributed by atoms with Gasteiger partial charge >= 0.3 is 5.97 Å². The first kappa shape index (κ1) is 27.7. The minimum atomic E-state index is -4.14. The van der Waals surface area contributed by atoms with Crippen LogP contribution < -0.4 is 5.32 Å². The lowest BCUT2D eigenvalue weighted by Gasteiger charge is -2.33. The van der Waals surface area contributed by atoms with Crippen LogP contribution in [0.1, 0.15) is 50.1 Å². The molecule has 2 heterocycles. The zero-order valence-corrected chi connectivity index (χ0v) is 22.0. The van der Waals surface area contributed by atoms with Crippen LogP contribution in [0.25, 0.3) is 0 Å². The summed E-state index contributed by atoms with van der Waals surface area (Å²) in [5.41, 5.74) is -0.116. The largest absolute Gasteiger partial charge is 0.481 e. The van der Waals surface area contributed by atoms with E-state index in [9.17, 15) is 38.0 Å². The van der Waals surface area contributed by atoms with Crippen LogP contribution in [0.3, 0.4) is 0 Å². The molecule has 14 heteroatoms. The standard InChI is InChI=1S/C24H28N4O8S2/c29-20(30)15-19(17-8-4-9-18(14-17)28(33)34)25-22(31)23-26(24(32)16-6-2-1-3-7-16)11-12-27(23)38(35,36)21-10-5-13-37-21/h4-5,8-10,13-14,16,19,23H,1-3,6-7,11-12,15H2,(H,25,31)(H,29,30). The number of rotatable bonds is 9. The Morgan fingerprint density at radius 1 is 1.13 bits per heavy atom. The minimum absolute atomic E-state index is 0.0123. The van der Waals surface area contributed by atoms with Crippen LogP contribution in [0.2, 0.25) is 0 Å². The van der Waals surface area contributed by atoms with Crippen LogP contribution >= 0.6 is 11.3 Å². The number of carboxylic acid groups (broad SMARTS) is 1. The number of hydrogen-bond acceptors (Lipinski definition) is 8. The van der Waals surface area contributed by atoms with Crippen molar-refractivity contribution < 1.29 is 32.8 Å². The molecule has 2 amide bonds. The number of thiophene rings is 1. The first-order chi connectivity index (χ1) is 18.1. The lowest BCUT2D eigenvalue weighted by Crippen LogP contribution is -2.55. The average molecular weight is 565 g/mol. The van der Waals surface area contributed by atoms with E-state index in [-0.39, 0.29) is 40.4 Å². The Morgan fingerprint density at radius 2 is 1.87 bits per heavy atom. The molecule has 1 saturated heterocycles. The van der Waals surface area contributed by atoms with Gasteiger partial charge in [-0.1, -0.05) is 37.5 Å². The minimum Gasteiger partial charge on any atom is -0.481 e. The third-order valence-corrected chi connectivity index (χ3v) is 10.1. The van der Waals surface area contributed by atoms with E-state index in [1.807, 2.05) is 0 Å². The number of non-ortho nitro benzene ring substituents is 1. The SMILES string of the molecule is O=C(O)CC(NC(=O)C1N(C(=O)C2CCCCC2)CCN1S(=O)(=O)c1cccs1)c1cccc([N+](=O)[O-])c1. The van der Waals surface area contributed by atoms with E-state index in [1.54, 1.807) is 11.4 Å². The summed E-state index contributed by atoms with van der Waals surface area (Å²) in [5, 5.41) is 24.9. The number of sulfonamides is 1. The second kappa shape index (κ2) is 11.6. The summed E-state index contributed by atoms with van der Waals surface area (Å²) in [6.45, 7) is -0.0877. The predicted octanol–water partition coefficient (Wildman–Crippen LogP) is 2.73. The van der Waals surface area contributed by atoms with E-state index in [2.05, 4.69) is 5.32 Å². The molecule has 204 valence electrons. The van der Waals surface area contributed by atoms with Gasteiger partial charge in [-0.2, -0.15) is 4.31 Å². The van der Waals surface area contributed by atoms with Gasteiger partial charge in [-0.05, 0) is 29.9 Å². The molecule has 2 unspecified atom stereocenters. The van der Waals surface area contributed by atoms with Gasteiger partial charge in [-0.25, -0.2) is 8.42 Å². The predicted molar refractivity (Wildman–Crippen MR) is 137 cm³/mol. The van der Waals surface area contributed by atoms with Gasteiger partial charge in [-0.3, -0.25) is 24.5 Å². The summed E-state index contributed by atoms with van der Waals surface area (Å²) in [6, 6.07) is 7.00. The van der Waals surface area contributed by atoms with Gasteiger partial charge in [-0.15, -0.1) is 11.3 Å². The zero-order valence-electron chi connectivity index (χ0n) is 20.4. The second-order valence-electron chi connectivity index (χ2n) is 9.30. The summed E-state index contributed by atoms with van der Waals surface area (Å²) in [7, 11) is -4.14. The molecule has 1 aromatic carbocycles. The first-order valence-corrected chi connectivity index (χ1v) is 14.5. The van der Waals surface area contributed by atoms with E-state index in [4.69, 9.17) is 0 Å². The molecular formula is C24H28N4O8S2. The molecule has 1 aliphatic carbocycles. The van der Waals surface area contributed by atoms with Crippen molar-refractivity contribution in [2.45, 2.75) is 54.9 Å². The van der Waals surface area contributed by atoms with Gasteiger partial charge in [0.25, 0.3) is 21.6 Å². The highest BCUT2D eigenvalue weighted by Crippen LogP contribution is 2.32. The molecule has 1 aromatic heterocycles. The maximum Gasteiger partial charge on any atom is 0.305 e. The molecule has 2 aliphatic rings. The maximum atomic E-state index is 13.7. The number of hydrogen-bond donors (Lipinski definition) is 2. The molecule has 0 bridgehead atoms. The molecule has 2 aromatic rings. The van der Waals surface area contributed by atoms with Crippen LogP contribution in [0, 0.1) is 16.0 Å². The lowest BCUT2D eigenvalue weighted by molar-refractivity contribution is -0.384. The maximum absolute atomic E-state index is 13.7. The number of amides is 2. The van der Waals surface area contributed by atoms with Crippen molar-refractivity contribution in [2.75, 3.05) is 13.1 Å². The van der Waals surface area contributed by atoms with Crippen LogP contribution in [-0.4, -0.2) is 64.7 Å². The number of carbonyl (C=O) groups is 3. The molecule has 4 rings (SSSR count). The van der Waals surface area contributed by atoms with Gasteiger partial charge in [0.05, 0.1) is 17.4 Å². The third kappa shape index (κ3) is 5.87. The third-order valence-electron chi connectivity index (χ3n) is 6.84. The van der Waals surface area contributed by atoms with E-state index in [1.165, 1.54) is 29.2 Å². The molecule has 1 saturated carbocycles. The summed E-state index contributed by atoms with van der Waals surface area (Å²) in [5.74, 6) is -2.77. The smallest absolute Gasteiger partial charge is 0.305 e. The fourth-order valence-corrected chi connectivity index (χ4v) is 7.66. The molecule has 2 N–H and O–H groups in total. The van der Waals surface area contributed by atoms with Crippen LogP contribution in [0.4, 0.5) is 5.69 Å². The van der Waals surface area contributed by atoms with Crippen LogP contribution in [0.5, 0.6) is 0 Å². The van der Waals surface area contributed by atoms with E-state index >= 15 is 0 Å². The Hall–Kier alpha value is -3.36. The number of aliphatic carboxylic acids is 1. The summed E-state index contributed by atoms with van der Waals surface area (Å²) >= 11 is 0.985. The van der Waals surface area contributed by atoms with Crippen molar-refractivity contribution >= 4 is 44.8 Å². The van der Waals surface area contributed by atoms with Crippen molar-refractivity contribution in [1.82, 2.24) is 14.5 Å². The lowest BCUT2D eigenvalue weighted by atomic mass is 9.88. The summed E-state index contributed by atoms with van der Waals surface area (Å²) < 4.78 is 27.9. The number of carboxylic acids is 1. The van der Waals surface area contributed by atoms with Gasteiger partial charge in [0.2, 0.25) is 5.91 Å². The van der Waals surface area contributed by atoms with E-state index < -0.39 is 45.5 Å². The van der Waals surface area contributed by atoms with E-state index in [0.717, 1.165) is 41.0 Å². The number of nitro benzene ring substituents is 1. The molecule has 2 fully saturated rings. The van der Waals surface area contributed by atoms with Crippen molar-refractivity contribution in [3.05, 3.63) is 57.5 Å². The zero-order chi connectivity index (χ0) is 27.4. The normalized spacial score (nSPS) is 19.7. The van der Waals surface area contributed by atoms with Crippen LogP contribution in [-0.2, 0) is 24.4 Å². The molecule has 1 aliphatic heterocycles. The monoisotopic (exact) mass is 564 g/mol. The van der Waals surface area contributed by atoms with Gasteiger partial charge in [0, 0.05) is 31.1 Å². The second-order valence-corrected chi connectivity index (χ2v) is 12.4. The Kier molecular flexibility index (Phi) is 8.43. The van der Waals surface area contributed by atoms with E-state index in [0.29, 0.717) is 12.8 Å². The van der Waals surface area contributed by atoms with Crippen molar-refractivity contribution in [2.24, 2.45) is 5.92 Å². The Bertz CT molecular complexity index is 1310. The Balaban J connectivity index is 1.68.